The Morgan fingerprint density at radius 2 is 2.00 bits per heavy atom. The van der Waals surface area contributed by atoms with E-state index in [-0.39, 0.29) is 24.6 Å². The smallest absolute Gasteiger partial charge is 0.387 e. The molecule has 2 N–H and O–H groups in total. The highest BCUT2D eigenvalue weighted by atomic mass is 19.3. The molecule has 1 aromatic carbocycles. The van der Waals surface area contributed by atoms with Gasteiger partial charge in [-0.1, -0.05) is 18.2 Å². The lowest BCUT2D eigenvalue weighted by Crippen LogP contribution is -2.35. The number of hydrogen-bond acceptors (Lipinski definition) is 3. The van der Waals surface area contributed by atoms with Crippen molar-refractivity contribution in [3.63, 3.8) is 0 Å². The Morgan fingerprint density at radius 1 is 1.37 bits per heavy atom. The van der Waals surface area contributed by atoms with E-state index < -0.39 is 12.5 Å². The lowest BCUT2D eigenvalue weighted by atomic mass is 9.97. The Bertz CT molecular complexity index is 425. The summed E-state index contributed by atoms with van der Waals surface area (Å²) in [6.45, 7) is -2.73. The molecule has 0 fully saturated rings. The van der Waals surface area contributed by atoms with Crippen LogP contribution in [0, 0.1) is 5.92 Å². The van der Waals surface area contributed by atoms with Crippen LogP contribution in [0.4, 0.5) is 8.78 Å². The van der Waals surface area contributed by atoms with Gasteiger partial charge in [0.15, 0.2) is 0 Å². The molecule has 6 heteroatoms. The van der Waals surface area contributed by atoms with Crippen LogP contribution in [-0.2, 0) is 11.2 Å². The third kappa shape index (κ3) is 4.48. The van der Waals surface area contributed by atoms with E-state index in [9.17, 15) is 13.6 Å². The van der Waals surface area contributed by atoms with Crippen LogP contribution < -0.4 is 10.5 Å². The van der Waals surface area contributed by atoms with E-state index in [0.29, 0.717) is 5.56 Å². The van der Waals surface area contributed by atoms with Crippen molar-refractivity contribution in [3.8, 4) is 5.75 Å². The first-order valence-electron chi connectivity index (χ1n) is 5.89. The fourth-order valence-electron chi connectivity index (χ4n) is 1.79. The standard InChI is InChI=1S/C13H18F2N2O2/c1-17(2)12(18)10(8-16)7-9-5-3-4-6-11(9)19-13(14)15/h3-6,10,13H,7-8,16H2,1-2H3. The molecule has 0 saturated carbocycles. The first kappa shape index (κ1) is 15.4. The van der Waals surface area contributed by atoms with Crippen molar-refractivity contribution in [1.82, 2.24) is 4.90 Å². The lowest BCUT2D eigenvalue weighted by molar-refractivity contribution is -0.132. The monoisotopic (exact) mass is 272 g/mol. The highest BCUT2D eigenvalue weighted by Gasteiger charge is 2.21. The van der Waals surface area contributed by atoms with Gasteiger partial charge in [-0.3, -0.25) is 4.79 Å². The minimum Gasteiger partial charge on any atom is -0.435 e. The summed E-state index contributed by atoms with van der Waals surface area (Å²) in [4.78, 5) is 13.3. The summed E-state index contributed by atoms with van der Waals surface area (Å²) in [5, 5.41) is 0. The number of rotatable bonds is 6. The second kappa shape index (κ2) is 7.04. The lowest BCUT2D eigenvalue weighted by Gasteiger charge is -2.20. The summed E-state index contributed by atoms with van der Waals surface area (Å²) in [6.07, 6.45) is 0.274. The van der Waals surface area contributed by atoms with Crippen LogP contribution in [-0.4, -0.2) is 38.1 Å². The number of amides is 1. The predicted molar refractivity (Wildman–Crippen MR) is 68.0 cm³/mol. The maximum absolute atomic E-state index is 12.3. The van der Waals surface area contributed by atoms with Crippen LogP contribution in [0.5, 0.6) is 5.75 Å². The van der Waals surface area contributed by atoms with Gasteiger partial charge in [-0.15, -0.1) is 0 Å². The highest BCUT2D eigenvalue weighted by molar-refractivity contribution is 5.79. The van der Waals surface area contributed by atoms with Crippen molar-refractivity contribution in [1.29, 1.82) is 0 Å². The van der Waals surface area contributed by atoms with Crippen LogP contribution >= 0.6 is 0 Å². The van der Waals surface area contributed by atoms with E-state index in [1.807, 2.05) is 0 Å². The number of hydrogen-bond donors (Lipinski definition) is 1. The number of carbonyl (C=O) groups is 1. The number of benzene rings is 1. The van der Waals surface area contributed by atoms with Crippen molar-refractivity contribution in [2.75, 3.05) is 20.6 Å². The molecule has 0 heterocycles. The summed E-state index contributed by atoms with van der Waals surface area (Å²) >= 11 is 0. The van der Waals surface area contributed by atoms with Crippen molar-refractivity contribution >= 4 is 5.91 Å². The van der Waals surface area contributed by atoms with Gasteiger partial charge in [0.05, 0.1) is 5.92 Å². The molecule has 0 aliphatic rings. The quantitative estimate of drug-likeness (QED) is 0.853. The molecule has 106 valence electrons. The minimum absolute atomic E-state index is 0.0857. The maximum Gasteiger partial charge on any atom is 0.387 e. The molecule has 4 nitrogen and oxygen atoms in total. The van der Waals surface area contributed by atoms with Gasteiger partial charge in [-0.05, 0) is 18.1 Å². The molecule has 19 heavy (non-hydrogen) atoms. The first-order chi connectivity index (χ1) is 8.95. The molecule has 1 rings (SSSR count). The Labute approximate surface area is 111 Å². The van der Waals surface area contributed by atoms with Crippen LogP contribution in [0.1, 0.15) is 5.56 Å². The molecule has 1 amide bonds. The van der Waals surface area contributed by atoms with Gasteiger partial charge < -0.3 is 15.4 Å². The molecule has 0 aliphatic heterocycles. The molecule has 0 saturated heterocycles. The zero-order valence-corrected chi connectivity index (χ0v) is 11.0. The molecular formula is C13H18F2N2O2. The van der Waals surface area contributed by atoms with Crippen molar-refractivity contribution in [2.45, 2.75) is 13.0 Å². The van der Waals surface area contributed by atoms with Crippen LogP contribution in [0.25, 0.3) is 0 Å². The van der Waals surface area contributed by atoms with Gasteiger partial charge >= 0.3 is 6.61 Å². The largest absolute Gasteiger partial charge is 0.435 e. The zero-order valence-electron chi connectivity index (χ0n) is 11.0. The van der Waals surface area contributed by atoms with Gasteiger partial charge in [-0.25, -0.2) is 0 Å². The average Bonchev–Trinajstić information content (AvgIpc) is 2.36. The number of nitrogens with two attached hydrogens (primary N) is 1. The van der Waals surface area contributed by atoms with E-state index in [1.165, 1.54) is 11.0 Å². The summed E-state index contributed by atoms with van der Waals surface area (Å²) < 4.78 is 29.0. The third-order valence-corrected chi connectivity index (χ3v) is 2.73. The average molecular weight is 272 g/mol. The minimum atomic E-state index is -2.89. The molecule has 0 radical (unpaired) electrons. The molecule has 1 atom stereocenters. The summed E-state index contributed by atoms with van der Waals surface area (Å²) in [7, 11) is 3.26. The van der Waals surface area contributed by atoms with E-state index in [2.05, 4.69) is 4.74 Å². The maximum atomic E-state index is 12.3. The van der Waals surface area contributed by atoms with Gasteiger partial charge in [0.25, 0.3) is 0 Å². The van der Waals surface area contributed by atoms with E-state index in [0.717, 1.165) is 0 Å². The molecule has 0 aliphatic carbocycles. The van der Waals surface area contributed by atoms with E-state index >= 15 is 0 Å². The number of para-hydroxylation sites is 1. The van der Waals surface area contributed by atoms with Crippen molar-refractivity contribution < 1.29 is 18.3 Å². The van der Waals surface area contributed by atoms with E-state index in [4.69, 9.17) is 5.73 Å². The van der Waals surface area contributed by atoms with Gasteiger partial charge in [-0.2, -0.15) is 8.78 Å². The van der Waals surface area contributed by atoms with Crippen LogP contribution in [0.3, 0.4) is 0 Å². The summed E-state index contributed by atoms with van der Waals surface area (Å²) in [5.41, 5.74) is 6.12. The van der Waals surface area contributed by atoms with Crippen molar-refractivity contribution in [2.24, 2.45) is 11.7 Å². The SMILES string of the molecule is CN(C)C(=O)C(CN)Cc1ccccc1OC(F)F. The number of nitrogens with zero attached hydrogens (tertiary/aromatic N) is 1. The van der Waals surface area contributed by atoms with Crippen LogP contribution in [0.2, 0.25) is 0 Å². The van der Waals surface area contributed by atoms with Gasteiger partial charge in [0.1, 0.15) is 5.75 Å². The molecule has 0 aromatic heterocycles. The molecule has 1 unspecified atom stereocenters. The fraction of sp³-hybridized carbons (Fsp3) is 0.462. The van der Waals surface area contributed by atoms with E-state index in [1.54, 1.807) is 32.3 Å². The van der Waals surface area contributed by atoms with Crippen LogP contribution in [0.15, 0.2) is 24.3 Å². The molecule has 0 bridgehead atoms. The zero-order chi connectivity index (χ0) is 14.4. The second-order valence-corrected chi connectivity index (χ2v) is 4.36. The molecule has 1 aromatic rings. The third-order valence-electron chi connectivity index (χ3n) is 2.73. The number of carbonyl (C=O) groups excluding carboxylic acids is 1. The Balaban J connectivity index is 2.88. The summed E-state index contributed by atoms with van der Waals surface area (Å²) in [6, 6.07) is 6.42. The predicted octanol–water partition coefficient (Wildman–Crippen LogP) is 1.49. The number of halogens is 2. The fourth-order valence-corrected chi connectivity index (χ4v) is 1.79. The highest BCUT2D eigenvalue weighted by Crippen LogP contribution is 2.23. The number of alkyl halides is 2. The molecular weight excluding hydrogens is 254 g/mol. The Morgan fingerprint density at radius 3 is 2.53 bits per heavy atom. The summed E-state index contributed by atoms with van der Waals surface area (Å²) in [5.74, 6) is -0.491. The first-order valence-corrected chi connectivity index (χ1v) is 5.89. The Kier molecular flexibility index (Phi) is 5.69. The molecule has 0 spiro atoms. The second-order valence-electron chi connectivity index (χ2n) is 4.36. The Hall–Kier alpha value is -1.69. The van der Waals surface area contributed by atoms with Gasteiger partial charge in [0.2, 0.25) is 5.91 Å². The topological polar surface area (TPSA) is 55.6 Å². The normalized spacial score (nSPS) is 12.3. The van der Waals surface area contributed by atoms with Crippen molar-refractivity contribution in [3.05, 3.63) is 29.8 Å². The number of ether oxygens (including phenoxy) is 1. The van der Waals surface area contributed by atoms with Gasteiger partial charge in [0, 0.05) is 20.6 Å².